The van der Waals surface area contributed by atoms with Crippen molar-refractivity contribution in [1.29, 1.82) is 0 Å². The normalized spacial score (nSPS) is 11.2. The molecule has 0 unspecified atom stereocenters. The lowest BCUT2D eigenvalue weighted by Crippen LogP contribution is -2.18. The molecule has 0 N–H and O–H groups in total. The highest BCUT2D eigenvalue weighted by atomic mass is 31.2. The van der Waals surface area contributed by atoms with E-state index in [-0.39, 0.29) is 11.7 Å². The summed E-state index contributed by atoms with van der Waals surface area (Å²) in [6, 6.07) is 17.2. The molecule has 22 heavy (non-hydrogen) atoms. The first kappa shape index (κ1) is 16.6. The molecule has 0 amide bonds. The van der Waals surface area contributed by atoms with Crippen molar-refractivity contribution in [2.24, 2.45) is 0 Å². The van der Waals surface area contributed by atoms with E-state index in [9.17, 15) is 13.3 Å². The second-order valence-corrected chi connectivity index (χ2v) is 7.88. The topological polar surface area (TPSA) is 17.1 Å². The van der Waals surface area contributed by atoms with Crippen molar-refractivity contribution in [3.63, 3.8) is 0 Å². The van der Waals surface area contributed by atoms with E-state index in [1.165, 1.54) is 0 Å². The van der Waals surface area contributed by atoms with E-state index in [0.29, 0.717) is 17.0 Å². The number of allylic oxidation sites excluding steroid dienone is 1. The van der Waals surface area contributed by atoms with Gasteiger partial charge >= 0.3 is 0 Å². The number of rotatable bonds is 6. The van der Waals surface area contributed by atoms with E-state index in [2.05, 4.69) is 0 Å². The van der Waals surface area contributed by atoms with Crippen LogP contribution in [0.1, 0.15) is 26.2 Å². The maximum Gasteiger partial charge on any atom is 0.277 e. The van der Waals surface area contributed by atoms with Gasteiger partial charge in [0.1, 0.15) is 0 Å². The van der Waals surface area contributed by atoms with Gasteiger partial charge in [0, 0.05) is 10.6 Å². The average molecular weight is 320 g/mol. The van der Waals surface area contributed by atoms with Crippen molar-refractivity contribution in [3.05, 3.63) is 72.1 Å². The smallest absolute Gasteiger partial charge is 0.277 e. The van der Waals surface area contributed by atoms with Crippen molar-refractivity contribution in [3.8, 4) is 0 Å². The SMILES string of the molecule is CCCCC(=C(F)F)P(=O)(c1ccccc1)c1ccccc1. The van der Waals surface area contributed by atoms with E-state index in [4.69, 9.17) is 0 Å². The molecule has 4 heteroatoms. The molecular formula is C18H19F2OP. The van der Waals surface area contributed by atoms with Crippen molar-refractivity contribution in [2.45, 2.75) is 26.2 Å². The van der Waals surface area contributed by atoms with E-state index in [1.807, 2.05) is 6.92 Å². The van der Waals surface area contributed by atoms with Gasteiger partial charge in [-0.3, -0.25) is 0 Å². The molecule has 0 aromatic heterocycles. The second-order valence-electron chi connectivity index (χ2n) is 5.09. The monoisotopic (exact) mass is 320 g/mol. The summed E-state index contributed by atoms with van der Waals surface area (Å²) in [5.74, 6) is 0. The lowest BCUT2D eigenvalue weighted by Gasteiger charge is -2.22. The summed E-state index contributed by atoms with van der Waals surface area (Å²) in [5.41, 5.74) is 0. The van der Waals surface area contributed by atoms with Crippen molar-refractivity contribution in [1.82, 2.24) is 0 Å². The van der Waals surface area contributed by atoms with E-state index in [1.54, 1.807) is 60.7 Å². The fourth-order valence-corrected chi connectivity index (χ4v) is 5.27. The first-order valence-electron chi connectivity index (χ1n) is 7.36. The molecule has 2 rings (SSSR count). The Balaban J connectivity index is 2.66. The van der Waals surface area contributed by atoms with Gasteiger partial charge in [-0.1, -0.05) is 74.0 Å². The zero-order valence-electron chi connectivity index (χ0n) is 12.5. The first-order valence-corrected chi connectivity index (χ1v) is 9.07. The molecule has 0 saturated carbocycles. The van der Waals surface area contributed by atoms with Gasteiger partial charge in [-0.15, -0.1) is 0 Å². The van der Waals surface area contributed by atoms with Gasteiger partial charge in [-0.05, 0) is 12.8 Å². The van der Waals surface area contributed by atoms with Gasteiger partial charge in [-0.2, -0.15) is 8.78 Å². The standard InChI is InChI=1S/C18H19F2OP/c1-2-3-14-17(18(19)20)22(21,15-10-6-4-7-11-15)16-12-8-5-9-13-16/h4-13H,2-3,14H2,1H3. The van der Waals surface area contributed by atoms with Crippen LogP contribution in [0, 0.1) is 0 Å². The molecule has 0 radical (unpaired) electrons. The van der Waals surface area contributed by atoms with Crippen LogP contribution in [0.2, 0.25) is 0 Å². The number of hydrogen-bond donors (Lipinski definition) is 0. The summed E-state index contributed by atoms with van der Waals surface area (Å²) in [7, 11) is -3.49. The first-order chi connectivity index (χ1) is 10.6. The van der Waals surface area contributed by atoms with Crippen LogP contribution in [0.25, 0.3) is 0 Å². The van der Waals surface area contributed by atoms with Crippen LogP contribution in [0.5, 0.6) is 0 Å². The summed E-state index contributed by atoms with van der Waals surface area (Å²) < 4.78 is 40.9. The number of unbranched alkanes of at least 4 members (excludes halogenated alkanes) is 1. The predicted molar refractivity (Wildman–Crippen MR) is 88.5 cm³/mol. The molecule has 0 atom stereocenters. The summed E-state index contributed by atoms with van der Waals surface area (Å²) in [6.45, 7) is 1.93. The molecule has 0 aliphatic carbocycles. The van der Waals surface area contributed by atoms with Crippen LogP contribution in [0.3, 0.4) is 0 Å². The molecule has 2 aromatic carbocycles. The van der Waals surface area contributed by atoms with Crippen molar-refractivity contribution >= 4 is 17.8 Å². The molecule has 116 valence electrons. The molecular weight excluding hydrogens is 301 g/mol. The van der Waals surface area contributed by atoms with Crippen LogP contribution >= 0.6 is 7.14 Å². The van der Waals surface area contributed by atoms with Crippen LogP contribution in [0.4, 0.5) is 8.78 Å². The highest BCUT2D eigenvalue weighted by Crippen LogP contribution is 2.55. The largest absolute Gasteiger partial charge is 0.309 e. The average Bonchev–Trinajstić information content (AvgIpc) is 2.56. The molecule has 0 saturated heterocycles. The minimum Gasteiger partial charge on any atom is -0.309 e. The Labute approximate surface area is 130 Å². The summed E-state index contributed by atoms with van der Waals surface area (Å²) in [6.07, 6.45) is -0.291. The van der Waals surface area contributed by atoms with Crippen molar-refractivity contribution < 1.29 is 13.3 Å². The van der Waals surface area contributed by atoms with E-state index >= 15 is 0 Å². The third-order valence-corrected chi connectivity index (χ3v) is 6.81. The summed E-state index contributed by atoms with van der Waals surface area (Å²) in [4.78, 5) is 0. The zero-order valence-corrected chi connectivity index (χ0v) is 13.4. The third kappa shape index (κ3) is 3.36. The molecule has 1 nitrogen and oxygen atoms in total. The highest BCUT2D eigenvalue weighted by molar-refractivity contribution is 7.82. The predicted octanol–water partition coefficient (Wildman–Crippen LogP) is 5.30. The van der Waals surface area contributed by atoms with Gasteiger partial charge in [0.15, 0.2) is 7.14 Å². The van der Waals surface area contributed by atoms with Gasteiger partial charge in [0.05, 0.1) is 5.31 Å². The number of halogens is 2. The molecule has 0 bridgehead atoms. The Morgan fingerprint density at radius 2 is 1.36 bits per heavy atom. The zero-order chi connectivity index (χ0) is 16.0. The Morgan fingerprint density at radius 3 is 1.73 bits per heavy atom. The van der Waals surface area contributed by atoms with Crippen LogP contribution < -0.4 is 10.6 Å². The molecule has 2 aromatic rings. The van der Waals surface area contributed by atoms with Crippen LogP contribution in [-0.4, -0.2) is 0 Å². The lowest BCUT2D eigenvalue weighted by molar-refractivity contribution is 0.412. The Kier molecular flexibility index (Phi) is 5.68. The quantitative estimate of drug-likeness (QED) is 0.660. The molecule has 0 aliphatic rings. The van der Waals surface area contributed by atoms with E-state index in [0.717, 1.165) is 6.42 Å². The Hall–Kier alpha value is -1.73. The molecule has 0 aliphatic heterocycles. The minimum absolute atomic E-state index is 0.153. The van der Waals surface area contributed by atoms with Gasteiger partial charge < -0.3 is 4.57 Å². The molecule has 0 spiro atoms. The minimum atomic E-state index is -3.49. The van der Waals surface area contributed by atoms with E-state index < -0.39 is 13.2 Å². The van der Waals surface area contributed by atoms with Gasteiger partial charge in [-0.25, -0.2) is 0 Å². The molecule has 0 heterocycles. The fraction of sp³-hybridized carbons (Fsp3) is 0.222. The van der Waals surface area contributed by atoms with Gasteiger partial charge in [0.25, 0.3) is 6.08 Å². The highest BCUT2D eigenvalue weighted by Gasteiger charge is 2.34. The number of benzene rings is 2. The maximum absolute atomic E-state index is 13.7. The fourth-order valence-electron chi connectivity index (χ4n) is 2.45. The van der Waals surface area contributed by atoms with Gasteiger partial charge in [0.2, 0.25) is 0 Å². The summed E-state index contributed by atoms with van der Waals surface area (Å²) in [5, 5.41) is 0.701. The third-order valence-electron chi connectivity index (χ3n) is 3.60. The van der Waals surface area contributed by atoms with Crippen LogP contribution in [-0.2, 0) is 4.57 Å². The molecule has 0 fully saturated rings. The summed E-state index contributed by atoms with van der Waals surface area (Å²) >= 11 is 0. The van der Waals surface area contributed by atoms with Crippen molar-refractivity contribution in [2.75, 3.05) is 0 Å². The van der Waals surface area contributed by atoms with Crippen LogP contribution in [0.15, 0.2) is 72.1 Å². The maximum atomic E-state index is 13.7. The second kappa shape index (κ2) is 7.51. The lowest BCUT2D eigenvalue weighted by atomic mass is 10.2. The Morgan fingerprint density at radius 1 is 0.909 bits per heavy atom. The Bertz CT molecular complexity index is 633. The number of hydrogen-bond acceptors (Lipinski definition) is 1.